The molecule has 0 aliphatic carbocycles. The minimum absolute atomic E-state index is 0.00138. The second-order valence-electron chi connectivity index (χ2n) is 4.45. The maximum atomic E-state index is 12.0. The fraction of sp³-hybridized carbons (Fsp3) is 0.545. The molecule has 2 atom stereocenters. The Bertz CT molecular complexity index is 460. The molecule has 2 rings (SSSR count). The van der Waals surface area contributed by atoms with Crippen LogP contribution >= 0.6 is 11.3 Å². The molecule has 1 fully saturated rings. The lowest BCUT2D eigenvalue weighted by Crippen LogP contribution is -2.48. The third-order valence-corrected chi connectivity index (χ3v) is 4.13. The highest BCUT2D eigenvalue weighted by molar-refractivity contribution is 7.17. The molecule has 18 heavy (non-hydrogen) atoms. The summed E-state index contributed by atoms with van der Waals surface area (Å²) in [7, 11) is 0. The first-order valence-electron chi connectivity index (χ1n) is 5.83. The lowest BCUT2D eigenvalue weighted by molar-refractivity contribution is -0.380. The molecule has 1 amide bonds. The lowest BCUT2D eigenvalue weighted by Gasteiger charge is -2.29. The van der Waals surface area contributed by atoms with Crippen molar-refractivity contribution in [1.29, 1.82) is 0 Å². The Labute approximate surface area is 109 Å². The molecule has 1 aliphatic rings. The van der Waals surface area contributed by atoms with Gasteiger partial charge < -0.3 is 10.6 Å². The number of rotatable bonds is 3. The van der Waals surface area contributed by atoms with Crippen molar-refractivity contribution < 1.29 is 9.72 Å². The second-order valence-corrected chi connectivity index (χ2v) is 5.51. The van der Waals surface area contributed by atoms with Crippen molar-refractivity contribution in [2.75, 3.05) is 13.1 Å². The summed E-state index contributed by atoms with van der Waals surface area (Å²) in [6.07, 6.45) is 0.889. The zero-order chi connectivity index (χ0) is 13.1. The van der Waals surface area contributed by atoms with Gasteiger partial charge in [-0.1, -0.05) is 18.3 Å². The van der Waals surface area contributed by atoms with Crippen molar-refractivity contribution in [3.8, 4) is 0 Å². The molecular weight excluding hydrogens is 254 g/mol. The minimum Gasteiger partial charge on any atom is -0.348 e. The first-order chi connectivity index (χ1) is 8.58. The Morgan fingerprint density at radius 3 is 3.00 bits per heavy atom. The fourth-order valence-corrected chi connectivity index (χ4v) is 2.74. The van der Waals surface area contributed by atoms with E-state index in [0.717, 1.165) is 30.8 Å². The van der Waals surface area contributed by atoms with Gasteiger partial charge >= 0.3 is 5.00 Å². The van der Waals surface area contributed by atoms with E-state index in [1.165, 1.54) is 12.1 Å². The molecule has 0 aromatic carbocycles. The van der Waals surface area contributed by atoms with Crippen molar-refractivity contribution in [2.24, 2.45) is 5.92 Å². The summed E-state index contributed by atoms with van der Waals surface area (Å²) in [4.78, 5) is 22.4. The van der Waals surface area contributed by atoms with E-state index in [-0.39, 0.29) is 17.0 Å². The Morgan fingerprint density at radius 1 is 1.61 bits per heavy atom. The number of nitrogens with one attached hydrogen (secondary N) is 2. The van der Waals surface area contributed by atoms with Crippen LogP contribution in [0.3, 0.4) is 0 Å². The molecule has 0 spiro atoms. The summed E-state index contributed by atoms with van der Waals surface area (Å²) in [6.45, 7) is 3.85. The Kier molecular flexibility index (Phi) is 3.93. The molecule has 98 valence electrons. The van der Waals surface area contributed by atoms with Gasteiger partial charge in [-0.2, -0.15) is 0 Å². The van der Waals surface area contributed by atoms with E-state index >= 15 is 0 Å². The molecule has 6 nitrogen and oxygen atoms in total. The van der Waals surface area contributed by atoms with Crippen LogP contribution in [0, 0.1) is 16.0 Å². The smallest absolute Gasteiger partial charge is 0.324 e. The van der Waals surface area contributed by atoms with Gasteiger partial charge in [-0.05, 0) is 31.5 Å². The molecule has 1 aliphatic heterocycles. The molecule has 1 saturated heterocycles. The fourth-order valence-electron chi connectivity index (χ4n) is 2.02. The van der Waals surface area contributed by atoms with E-state index < -0.39 is 4.92 Å². The predicted octanol–water partition coefficient (Wildman–Crippen LogP) is 1.38. The third-order valence-electron chi connectivity index (χ3n) is 3.10. The van der Waals surface area contributed by atoms with Crippen LogP contribution in [0.25, 0.3) is 0 Å². The lowest BCUT2D eigenvalue weighted by atomic mass is 9.95. The van der Waals surface area contributed by atoms with Gasteiger partial charge in [-0.3, -0.25) is 14.9 Å². The summed E-state index contributed by atoms with van der Waals surface area (Å²) in [5.74, 6) is 0.157. The minimum atomic E-state index is -0.478. The average Bonchev–Trinajstić information content (AvgIpc) is 2.81. The first kappa shape index (κ1) is 13.0. The predicted molar refractivity (Wildman–Crippen MR) is 68.9 cm³/mol. The number of amides is 1. The Hall–Kier alpha value is -1.47. The monoisotopic (exact) mass is 269 g/mol. The Morgan fingerprint density at radius 2 is 2.39 bits per heavy atom. The van der Waals surface area contributed by atoms with Gasteiger partial charge in [-0.25, -0.2) is 0 Å². The molecular formula is C11H15N3O3S. The standard InChI is InChI=1S/C11H15N3O3S/c1-7-6-12-5-4-8(7)13-11(15)9-2-3-10(18-9)14(16)17/h2-3,7-8,12H,4-6H2,1H3,(H,13,15). The van der Waals surface area contributed by atoms with E-state index in [1.54, 1.807) is 0 Å². The number of piperidine rings is 1. The zero-order valence-corrected chi connectivity index (χ0v) is 10.8. The Balaban J connectivity index is 2.00. The molecule has 0 saturated carbocycles. The molecule has 7 heteroatoms. The number of thiophene rings is 1. The van der Waals surface area contributed by atoms with Crippen LogP contribution in [0.5, 0.6) is 0 Å². The third kappa shape index (κ3) is 2.85. The first-order valence-corrected chi connectivity index (χ1v) is 6.65. The molecule has 0 bridgehead atoms. The van der Waals surface area contributed by atoms with E-state index in [2.05, 4.69) is 17.6 Å². The van der Waals surface area contributed by atoms with Crippen LogP contribution in [0.2, 0.25) is 0 Å². The summed E-state index contributed by atoms with van der Waals surface area (Å²) < 4.78 is 0. The SMILES string of the molecule is CC1CNCCC1NC(=O)c1ccc([N+](=O)[O-])s1. The van der Waals surface area contributed by atoms with Gasteiger partial charge in [0.25, 0.3) is 5.91 Å². The quantitative estimate of drug-likeness (QED) is 0.641. The summed E-state index contributed by atoms with van der Waals surface area (Å²) in [6, 6.07) is 3.01. The number of hydrogen-bond acceptors (Lipinski definition) is 5. The number of carbonyl (C=O) groups excluding carboxylic acids is 1. The van der Waals surface area contributed by atoms with Crippen molar-refractivity contribution in [1.82, 2.24) is 10.6 Å². The summed E-state index contributed by atoms with van der Waals surface area (Å²) in [5, 5.41) is 16.8. The van der Waals surface area contributed by atoms with Gasteiger partial charge in [0.05, 0.1) is 9.80 Å². The van der Waals surface area contributed by atoms with Crippen LogP contribution in [0.1, 0.15) is 23.0 Å². The maximum absolute atomic E-state index is 12.0. The number of carbonyl (C=O) groups is 1. The van der Waals surface area contributed by atoms with Gasteiger partial charge in [0, 0.05) is 12.1 Å². The number of nitrogens with zero attached hydrogens (tertiary/aromatic N) is 1. The van der Waals surface area contributed by atoms with Gasteiger partial charge in [0.2, 0.25) is 0 Å². The summed E-state index contributed by atoms with van der Waals surface area (Å²) in [5.41, 5.74) is 0. The highest BCUT2D eigenvalue weighted by Crippen LogP contribution is 2.24. The molecule has 2 heterocycles. The number of hydrogen-bond donors (Lipinski definition) is 2. The summed E-state index contributed by atoms with van der Waals surface area (Å²) >= 11 is 0.912. The zero-order valence-electron chi connectivity index (χ0n) is 10.0. The van der Waals surface area contributed by atoms with Crippen molar-refractivity contribution in [3.63, 3.8) is 0 Å². The van der Waals surface area contributed by atoms with Crippen molar-refractivity contribution in [3.05, 3.63) is 27.1 Å². The van der Waals surface area contributed by atoms with Crippen molar-refractivity contribution in [2.45, 2.75) is 19.4 Å². The van der Waals surface area contributed by atoms with E-state index in [9.17, 15) is 14.9 Å². The van der Waals surface area contributed by atoms with E-state index in [1.807, 2.05) is 0 Å². The molecule has 0 radical (unpaired) electrons. The topological polar surface area (TPSA) is 84.3 Å². The van der Waals surface area contributed by atoms with Gasteiger partial charge in [0.1, 0.15) is 0 Å². The van der Waals surface area contributed by atoms with Gasteiger partial charge in [0.15, 0.2) is 0 Å². The molecule has 2 N–H and O–H groups in total. The van der Waals surface area contributed by atoms with Crippen LogP contribution in [-0.4, -0.2) is 30.0 Å². The molecule has 1 aromatic rings. The molecule has 1 aromatic heterocycles. The normalized spacial score (nSPS) is 23.6. The van der Waals surface area contributed by atoms with Crippen molar-refractivity contribution >= 4 is 22.2 Å². The van der Waals surface area contributed by atoms with Crippen LogP contribution in [0.15, 0.2) is 12.1 Å². The van der Waals surface area contributed by atoms with Crippen LogP contribution < -0.4 is 10.6 Å². The second kappa shape index (κ2) is 5.45. The van der Waals surface area contributed by atoms with Crippen LogP contribution in [0.4, 0.5) is 5.00 Å². The number of nitro groups is 1. The molecule has 2 unspecified atom stereocenters. The largest absolute Gasteiger partial charge is 0.348 e. The average molecular weight is 269 g/mol. The van der Waals surface area contributed by atoms with Crippen LogP contribution in [-0.2, 0) is 0 Å². The highest BCUT2D eigenvalue weighted by atomic mass is 32.1. The van der Waals surface area contributed by atoms with Gasteiger partial charge in [-0.15, -0.1) is 0 Å². The van der Waals surface area contributed by atoms with E-state index in [4.69, 9.17) is 0 Å². The highest BCUT2D eigenvalue weighted by Gasteiger charge is 2.24. The maximum Gasteiger partial charge on any atom is 0.324 e. The van der Waals surface area contributed by atoms with E-state index in [0.29, 0.717) is 10.8 Å².